The standard InChI is InChI=1S/C7H5NS2/c9-7-8-5-3-1-2-4-6(5)10-7/h1-4H,(H,8,9)/p-1. The summed E-state index contributed by atoms with van der Waals surface area (Å²) in [6, 6.07) is 7.97. The fourth-order valence-corrected chi connectivity index (χ4v) is 1.92. The molecule has 1 nitrogen and oxygen atoms in total. The molecule has 1 aromatic carbocycles. The van der Waals surface area contributed by atoms with Crippen LogP contribution in [0.3, 0.4) is 0 Å². The van der Waals surface area contributed by atoms with Crippen LogP contribution in [-0.4, -0.2) is 4.98 Å². The lowest BCUT2D eigenvalue weighted by atomic mass is 10.3. The molecule has 2 aromatic rings. The zero-order chi connectivity index (χ0) is 6.97. The van der Waals surface area contributed by atoms with Gasteiger partial charge in [0.05, 0.1) is 5.52 Å². The zero-order valence-corrected chi connectivity index (χ0v) is 6.71. The Bertz CT molecular complexity index is 320. The summed E-state index contributed by atoms with van der Waals surface area (Å²) in [5.41, 5.74) is 1.01. The second kappa shape index (κ2) is 2.18. The summed E-state index contributed by atoms with van der Waals surface area (Å²) in [5, 5.41) is 0. The van der Waals surface area contributed by atoms with Gasteiger partial charge in [-0.05, 0) is 15.1 Å². The average Bonchev–Trinajstić information content (AvgIpc) is 2.27. The first-order valence-corrected chi connectivity index (χ1v) is 4.11. The van der Waals surface area contributed by atoms with Gasteiger partial charge in [0.25, 0.3) is 0 Å². The number of hydrogen-bond donors (Lipinski definition) is 0. The van der Waals surface area contributed by atoms with Crippen molar-refractivity contribution in [2.24, 2.45) is 0 Å². The lowest BCUT2D eigenvalue weighted by Crippen LogP contribution is -1.64. The molecule has 0 saturated carbocycles. The smallest absolute Gasteiger partial charge is 0.0600 e. The molecule has 1 heterocycles. The minimum absolute atomic E-state index is 0.723. The fraction of sp³-hybridized carbons (Fsp3) is 0. The Balaban J connectivity index is 2.88. The largest absolute Gasteiger partial charge is 0.408 e. The van der Waals surface area contributed by atoms with E-state index in [1.54, 1.807) is 11.3 Å². The second-order valence-electron chi connectivity index (χ2n) is 1.95. The number of rotatable bonds is 0. The summed E-state index contributed by atoms with van der Waals surface area (Å²) in [6.07, 6.45) is 0. The van der Waals surface area contributed by atoms with Crippen LogP contribution in [0.1, 0.15) is 0 Å². The van der Waals surface area contributed by atoms with Crippen LogP contribution < -0.4 is 0 Å². The van der Waals surface area contributed by atoms with E-state index in [0.717, 1.165) is 9.86 Å². The van der Waals surface area contributed by atoms with Gasteiger partial charge in [0, 0.05) is 0 Å². The van der Waals surface area contributed by atoms with Crippen molar-refractivity contribution < 1.29 is 0 Å². The number of para-hydroxylation sites is 1. The molecule has 0 N–H and O–H groups in total. The van der Waals surface area contributed by atoms with Gasteiger partial charge in [0.15, 0.2) is 0 Å². The molecule has 0 saturated heterocycles. The summed E-state index contributed by atoms with van der Waals surface area (Å²) in [4.78, 5) is 4.15. The normalized spacial score (nSPS) is 10.4. The van der Waals surface area contributed by atoms with Crippen molar-refractivity contribution in [3.05, 3.63) is 24.3 Å². The molecule has 0 spiro atoms. The average molecular weight is 166 g/mol. The third-order valence-electron chi connectivity index (χ3n) is 1.27. The molecule has 0 fully saturated rings. The lowest BCUT2D eigenvalue weighted by Gasteiger charge is -1.85. The first kappa shape index (κ1) is 6.07. The SMILES string of the molecule is [S-]c1nc2ccccc2s1. The summed E-state index contributed by atoms with van der Waals surface area (Å²) >= 11 is 6.48. The van der Waals surface area contributed by atoms with Gasteiger partial charge in [0.2, 0.25) is 0 Å². The van der Waals surface area contributed by atoms with E-state index in [0.29, 0.717) is 0 Å². The van der Waals surface area contributed by atoms with Crippen molar-refractivity contribution in [2.75, 3.05) is 0 Å². The van der Waals surface area contributed by atoms with Gasteiger partial charge in [-0.3, -0.25) is 4.98 Å². The Morgan fingerprint density at radius 2 is 2.10 bits per heavy atom. The van der Waals surface area contributed by atoms with Crippen LogP contribution in [-0.2, 0) is 12.6 Å². The van der Waals surface area contributed by atoms with Crippen LogP contribution in [0.15, 0.2) is 28.6 Å². The van der Waals surface area contributed by atoms with Crippen LogP contribution in [0.2, 0.25) is 0 Å². The maximum atomic E-state index is 4.92. The number of benzene rings is 1. The highest BCUT2D eigenvalue weighted by molar-refractivity contribution is 7.63. The molecule has 0 aliphatic rings. The number of thiazole rings is 1. The topological polar surface area (TPSA) is 12.9 Å². The Kier molecular flexibility index (Phi) is 1.32. The summed E-state index contributed by atoms with van der Waals surface area (Å²) in [6.45, 7) is 0. The minimum Gasteiger partial charge on any atom is -0.408 e. The maximum Gasteiger partial charge on any atom is 0.0600 e. The van der Waals surface area contributed by atoms with Crippen molar-refractivity contribution >= 4 is 34.2 Å². The zero-order valence-electron chi connectivity index (χ0n) is 5.07. The van der Waals surface area contributed by atoms with Gasteiger partial charge < -0.3 is 24.0 Å². The summed E-state index contributed by atoms with van der Waals surface area (Å²) in [5.74, 6) is 0. The van der Waals surface area contributed by atoms with E-state index in [1.165, 1.54) is 4.70 Å². The minimum atomic E-state index is 0.723. The first-order chi connectivity index (χ1) is 4.86. The monoisotopic (exact) mass is 166 g/mol. The van der Waals surface area contributed by atoms with Crippen molar-refractivity contribution in [1.29, 1.82) is 0 Å². The van der Waals surface area contributed by atoms with E-state index in [1.807, 2.05) is 24.3 Å². The Morgan fingerprint density at radius 1 is 1.30 bits per heavy atom. The molecule has 0 amide bonds. The van der Waals surface area contributed by atoms with Crippen LogP contribution in [0.4, 0.5) is 0 Å². The maximum absolute atomic E-state index is 4.92. The molecule has 0 radical (unpaired) electrons. The van der Waals surface area contributed by atoms with Gasteiger partial charge >= 0.3 is 0 Å². The van der Waals surface area contributed by atoms with Gasteiger partial charge in [0.1, 0.15) is 0 Å². The van der Waals surface area contributed by atoms with Gasteiger partial charge in [-0.25, -0.2) is 0 Å². The number of fused-ring (bicyclic) bond motifs is 1. The third-order valence-corrected chi connectivity index (χ3v) is 2.45. The van der Waals surface area contributed by atoms with E-state index in [9.17, 15) is 0 Å². The number of aromatic nitrogens is 1. The molecule has 1 aromatic heterocycles. The van der Waals surface area contributed by atoms with Crippen LogP contribution in [0.5, 0.6) is 0 Å². The molecule has 3 heteroatoms. The quantitative estimate of drug-likeness (QED) is 0.556. The number of nitrogens with zero attached hydrogens (tertiary/aromatic N) is 1. The van der Waals surface area contributed by atoms with Crippen molar-refractivity contribution in [3.63, 3.8) is 0 Å². The highest BCUT2D eigenvalue weighted by atomic mass is 32.2. The predicted molar refractivity (Wildman–Crippen MR) is 45.3 cm³/mol. The van der Waals surface area contributed by atoms with Crippen molar-refractivity contribution in [2.45, 2.75) is 4.34 Å². The predicted octanol–water partition coefficient (Wildman–Crippen LogP) is 2.20. The first-order valence-electron chi connectivity index (χ1n) is 2.89. The molecule has 0 aliphatic heterocycles. The molecule has 0 unspecified atom stereocenters. The highest BCUT2D eigenvalue weighted by Gasteiger charge is 1.87. The summed E-state index contributed by atoms with van der Waals surface area (Å²) in [7, 11) is 0. The van der Waals surface area contributed by atoms with Crippen LogP contribution in [0, 0.1) is 0 Å². The molecule has 0 atom stereocenters. The van der Waals surface area contributed by atoms with Gasteiger partial charge in [-0.15, -0.1) is 0 Å². The van der Waals surface area contributed by atoms with E-state index >= 15 is 0 Å². The molecular weight excluding hydrogens is 162 g/mol. The van der Waals surface area contributed by atoms with E-state index < -0.39 is 0 Å². The summed E-state index contributed by atoms with van der Waals surface area (Å²) < 4.78 is 1.90. The Hall–Kier alpha value is -0.670. The van der Waals surface area contributed by atoms with E-state index in [2.05, 4.69) is 4.98 Å². The number of hydrogen-bond acceptors (Lipinski definition) is 3. The van der Waals surface area contributed by atoms with Gasteiger partial charge in [-0.2, -0.15) is 0 Å². The van der Waals surface area contributed by atoms with Crippen LogP contribution in [0.25, 0.3) is 10.2 Å². The van der Waals surface area contributed by atoms with Crippen molar-refractivity contribution in [1.82, 2.24) is 4.98 Å². The molecule has 2 rings (SSSR count). The van der Waals surface area contributed by atoms with E-state index in [-0.39, 0.29) is 0 Å². The molecule has 50 valence electrons. The second-order valence-corrected chi connectivity index (χ2v) is 3.62. The molecular formula is C7H4NS2-. The molecule has 10 heavy (non-hydrogen) atoms. The van der Waals surface area contributed by atoms with Crippen molar-refractivity contribution in [3.8, 4) is 0 Å². The lowest BCUT2D eigenvalue weighted by molar-refractivity contribution is 1.31. The Morgan fingerprint density at radius 3 is 2.90 bits per heavy atom. The van der Waals surface area contributed by atoms with E-state index in [4.69, 9.17) is 12.6 Å². The highest BCUT2D eigenvalue weighted by Crippen LogP contribution is 2.20. The fourth-order valence-electron chi connectivity index (χ4n) is 0.851. The molecule has 0 aliphatic carbocycles. The molecule has 0 bridgehead atoms. The van der Waals surface area contributed by atoms with Crippen LogP contribution >= 0.6 is 11.3 Å². The Labute approximate surface area is 68.1 Å². The van der Waals surface area contributed by atoms with Gasteiger partial charge in [-0.1, -0.05) is 18.2 Å². The third kappa shape index (κ3) is 0.874.